The second-order valence-electron chi connectivity index (χ2n) is 6.85. The highest BCUT2D eigenvalue weighted by molar-refractivity contribution is 5.79. The number of likely N-dealkylation sites (tertiary alicyclic amines) is 1. The molecule has 2 saturated heterocycles. The fraction of sp³-hybridized carbons (Fsp3) is 0.611. The first-order chi connectivity index (χ1) is 12.2. The maximum Gasteiger partial charge on any atom is 0.231 e. The smallest absolute Gasteiger partial charge is 0.231 e. The minimum Gasteiger partial charge on any atom is -0.507 e. The minimum absolute atomic E-state index is 0.0306. The highest BCUT2D eigenvalue weighted by atomic mass is 16.7. The largest absolute Gasteiger partial charge is 0.507 e. The van der Waals surface area contributed by atoms with E-state index in [-0.39, 0.29) is 24.4 Å². The van der Waals surface area contributed by atoms with E-state index in [0.717, 1.165) is 31.5 Å². The van der Waals surface area contributed by atoms with E-state index < -0.39 is 0 Å². The summed E-state index contributed by atoms with van der Waals surface area (Å²) in [4.78, 5) is 16.9. The summed E-state index contributed by atoms with van der Waals surface area (Å²) in [5.41, 5.74) is 0.809. The van der Waals surface area contributed by atoms with Gasteiger partial charge in [-0.2, -0.15) is 0 Å². The first kappa shape index (κ1) is 16.5. The molecule has 0 aromatic heterocycles. The van der Waals surface area contributed by atoms with Crippen LogP contribution in [0.15, 0.2) is 12.1 Å². The van der Waals surface area contributed by atoms with Crippen molar-refractivity contribution in [2.24, 2.45) is 5.92 Å². The summed E-state index contributed by atoms with van der Waals surface area (Å²) in [7, 11) is 0. The lowest BCUT2D eigenvalue weighted by Gasteiger charge is -2.36. The van der Waals surface area contributed by atoms with Gasteiger partial charge in [0.25, 0.3) is 0 Å². The molecule has 0 aliphatic carbocycles. The molecular formula is C18H24N2O5. The first-order valence-electron chi connectivity index (χ1n) is 8.91. The number of hydrogen-bond donors (Lipinski definition) is 1. The number of carbonyl (C=O) groups is 1. The van der Waals surface area contributed by atoms with E-state index in [1.165, 1.54) is 0 Å². The van der Waals surface area contributed by atoms with Crippen molar-refractivity contribution in [3.63, 3.8) is 0 Å². The molecule has 7 heteroatoms. The number of morpholine rings is 1. The predicted octanol–water partition coefficient (Wildman–Crippen LogP) is 1.19. The highest BCUT2D eigenvalue weighted by Gasteiger charge is 2.30. The second-order valence-corrected chi connectivity index (χ2v) is 6.85. The summed E-state index contributed by atoms with van der Waals surface area (Å²) >= 11 is 0. The van der Waals surface area contributed by atoms with Gasteiger partial charge in [0.1, 0.15) is 5.75 Å². The van der Waals surface area contributed by atoms with E-state index in [0.29, 0.717) is 44.3 Å². The molecule has 136 valence electrons. The Morgan fingerprint density at radius 1 is 1.16 bits per heavy atom. The molecule has 1 N–H and O–H groups in total. The summed E-state index contributed by atoms with van der Waals surface area (Å²) in [5, 5.41) is 10.2. The Morgan fingerprint density at radius 3 is 2.72 bits per heavy atom. The summed E-state index contributed by atoms with van der Waals surface area (Å²) in [6.07, 6.45) is 1.92. The Morgan fingerprint density at radius 2 is 1.92 bits per heavy atom. The monoisotopic (exact) mass is 348 g/mol. The molecule has 0 bridgehead atoms. The standard InChI is InChI=1S/C18H24N2O5/c21-15-9-17-16(24-12-25-17)8-14(15)11-19-3-1-2-13(10-19)18(22)20-4-6-23-7-5-20/h8-9,13,21H,1-7,10-12H2/t13-/m0/s1. The Bertz CT molecular complexity index is 645. The molecule has 3 aliphatic heterocycles. The fourth-order valence-corrected chi connectivity index (χ4v) is 3.78. The Labute approximate surface area is 147 Å². The topological polar surface area (TPSA) is 71.5 Å². The van der Waals surface area contributed by atoms with Gasteiger partial charge in [-0.25, -0.2) is 0 Å². The molecule has 1 atom stereocenters. The van der Waals surface area contributed by atoms with Crippen molar-refractivity contribution >= 4 is 5.91 Å². The third kappa shape index (κ3) is 3.52. The number of aromatic hydroxyl groups is 1. The zero-order valence-electron chi connectivity index (χ0n) is 14.3. The molecule has 1 amide bonds. The van der Waals surface area contributed by atoms with E-state index in [1.807, 2.05) is 11.0 Å². The van der Waals surface area contributed by atoms with Gasteiger partial charge in [-0.1, -0.05) is 0 Å². The molecule has 25 heavy (non-hydrogen) atoms. The number of benzene rings is 1. The van der Waals surface area contributed by atoms with Crippen molar-refractivity contribution in [1.29, 1.82) is 0 Å². The molecule has 3 heterocycles. The molecule has 0 radical (unpaired) electrons. The van der Waals surface area contributed by atoms with Crippen molar-refractivity contribution in [3.8, 4) is 17.2 Å². The van der Waals surface area contributed by atoms with Crippen LogP contribution >= 0.6 is 0 Å². The number of phenols is 1. The van der Waals surface area contributed by atoms with E-state index in [2.05, 4.69) is 4.90 Å². The van der Waals surface area contributed by atoms with Gasteiger partial charge in [0.05, 0.1) is 19.1 Å². The number of carbonyl (C=O) groups excluding carboxylic acids is 1. The summed E-state index contributed by atoms with van der Waals surface area (Å²) in [6, 6.07) is 3.45. The quantitative estimate of drug-likeness (QED) is 0.885. The summed E-state index contributed by atoms with van der Waals surface area (Å²) in [5.74, 6) is 1.74. The minimum atomic E-state index is 0.0306. The van der Waals surface area contributed by atoms with Gasteiger partial charge in [0.2, 0.25) is 12.7 Å². The summed E-state index contributed by atoms with van der Waals surface area (Å²) in [6.45, 7) is 5.11. The fourth-order valence-electron chi connectivity index (χ4n) is 3.78. The third-order valence-corrected chi connectivity index (χ3v) is 5.15. The van der Waals surface area contributed by atoms with Gasteiger partial charge >= 0.3 is 0 Å². The molecule has 3 aliphatic rings. The van der Waals surface area contributed by atoms with Crippen LogP contribution in [0.3, 0.4) is 0 Å². The van der Waals surface area contributed by atoms with Crippen LogP contribution < -0.4 is 9.47 Å². The highest BCUT2D eigenvalue weighted by Crippen LogP contribution is 2.38. The van der Waals surface area contributed by atoms with E-state index in [4.69, 9.17) is 14.2 Å². The first-order valence-corrected chi connectivity index (χ1v) is 8.91. The Balaban J connectivity index is 1.40. The van der Waals surface area contributed by atoms with Crippen LogP contribution in [-0.2, 0) is 16.1 Å². The van der Waals surface area contributed by atoms with Gasteiger partial charge in [-0.05, 0) is 25.5 Å². The zero-order chi connectivity index (χ0) is 17.2. The molecule has 2 fully saturated rings. The second kappa shape index (κ2) is 7.09. The van der Waals surface area contributed by atoms with E-state index in [9.17, 15) is 9.90 Å². The van der Waals surface area contributed by atoms with Crippen LogP contribution in [0, 0.1) is 5.92 Å². The van der Waals surface area contributed by atoms with E-state index in [1.54, 1.807) is 6.07 Å². The third-order valence-electron chi connectivity index (χ3n) is 5.15. The normalized spacial score (nSPS) is 23.7. The van der Waals surface area contributed by atoms with Crippen LogP contribution in [0.2, 0.25) is 0 Å². The zero-order valence-corrected chi connectivity index (χ0v) is 14.3. The van der Waals surface area contributed by atoms with Crippen molar-refractivity contribution in [3.05, 3.63) is 17.7 Å². The number of ether oxygens (including phenoxy) is 3. The van der Waals surface area contributed by atoms with Gasteiger partial charge in [0, 0.05) is 37.8 Å². The van der Waals surface area contributed by atoms with Crippen LogP contribution in [0.4, 0.5) is 0 Å². The molecule has 1 aromatic rings. The number of nitrogens with zero attached hydrogens (tertiary/aromatic N) is 2. The van der Waals surface area contributed by atoms with E-state index >= 15 is 0 Å². The lowest BCUT2D eigenvalue weighted by Crippen LogP contribution is -2.48. The number of hydrogen-bond acceptors (Lipinski definition) is 6. The Kier molecular flexibility index (Phi) is 4.67. The molecule has 1 aromatic carbocycles. The lowest BCUT2D eigenvalue weighted by molar-refractivity contribution is -0.141. The molecule has 0 unspecified atom stereocenters. The number of piperidine rings is 1. The number of rotatable bonds is 3. The van der Waals surface area contributed by atoms with Gasteiger partial charge in [-0.3, -0.25) is 9.69 Å². The van der Waals surface area contributed by atoms with Crippen molar-refractivity contribution in [1.82, 2.24) is 9.80 Å². The Hall–Kier alpha value is -1.99. The van der Waals surface area contributed by atoms with Crippen molar-refractivity contribution in [2.75, 3.05) is 46.2 Å². The molecular weight excluding hydrogens is 324 g/mol. The molecule has 0 saturated carbocycles. The molecule has 4 rings (SSSR count). The van der Waals surface area contributed by atoms with Crippen LogP contribution in [0.25, 0.3) is 0 Å². The molecule has 7 nitrogen and oxygen atoms in total. The van der Waals surface area contributed by atoms with Crippen molar-refractivity contribution < 1.29 is 24.1 Å². The van der Waals surface area contributed by atoms with Gasteiger partial charge < -0.3 is 24.2 Å². The van der Waals surface area contributed by atoms with Crippen LogP contribution in [-0.4, -0.2) is 67.0 Å². The lowest BCUT2D eigenvalue weighted by atomic mass is 9.95. The number of amides is 1. The average molecular weight is 348 g/mol. The van der Waals surface area contributed by atoms with Crippen LogP contribution in [0.5, 0.6) is 17.2 Å². The predicted molar refractivity (Wildman–Crippen MR) is 89.6 cm³/mol. The van der Waals surface area contributed by atoms with Gasteiger partial charge in [-0.15, -0.1) is 0 Å². The number of phenolic OH excluding ortho intramolecular Hbond substituents is 1. The van der Waals surface area contributed by atoms with Crippen molar-refractivity contribution in [2.45, 2.75) is 19.4 Å². The molecule has 0 spiro atoms. The maximum atomic E-state index is 12.7. The number of fused-ring (bicyclic) bond motifs is 1. The van der Waals surface area contributed by atoms with Gasteiger partial charge in [0.15, 0.2) is 11.5 Å². The maximum absolute atomic E-state index is 12.7. The SMILES string of the molecule is O=C([C@H]1CCCN(Cc2cc3c(cc2O)OCO3)C1)N1CCOCC1. The van der Waals surface area contributed by atoms with Crippen LogP contribution in [0.1, 0.15) is 18.4 Å². The summed E-state index contributed by atoms with van der Waals surface area (Å²) < 4.78 is 16.0. The average Bonchev–Trinajstić information content (AvgIpc) is 3.09.